The third kappa shape index (κ3) is 4.39. The number of aryl methyl sites for hydroxylation is 1. The number of rotatable bonds is 6. The van der Waals surface area contributed by atoms with Gasteiger partial charge < -0.3 is 14.8 Å². The van der Waals surface area contributed by atoms with Gasteiger partial charge in [-0.05, 0) is 30.7 Å². The van der Waals surface area contributed by atoms with Crippen molar-refractivity contribution in [2.45, 2.75) is 18.7 Å². The van der Waals surface area contributed by atoms with Gasteiger partial charge in [0.05, 0.1) is 29.8 Å². The highest BCUT2D eigenvalue weighted by atomic mass is 35.5. The average molecular weight is 399 g/mol. The molecule has 0 fully saturated rings. The standard InChI is InChI=1S/C17H19ClN2O5S/c1-10-7-12(5-6-14(10)19-11(2)21)26(22,23)20-15-9-16(24-3)13(18)8-17(15)25-4/h5-9,20H,1-4H3,(H,19,21). The Hall–Kier alpha value is -2.45. The molecular weight excluding hydrogens is 380 g/mol. The molecule has 2 aromatic rings. The Bertz CT molecular complexity index is 944. The summed E-state index contributed by atoms with van der Waals surface area (Å²) in [5.74, 6) is 0.327. The minimum atomic E-state index is -3.89. The van der Waals surface area contributed by atoms with E-state index in [4.69, 9.17) is 21.1 Å². The van der Waals surface area contributed by atoms with Crippen molar-refractivity contribution in [2.24, 2.45) is 0 Å². The molecule has 9 heteroatoms. The molecule has 0 radical (unpaired) electrons. The summed E-state index contributed by atoms with van der Waals surface area (Å²) in [4.78, 5) is 11.2. The second kappa shape index (κ2) is 7.84. The summed E-state index contributed by atoms with van der Waals surface area (Å²) in [6, 6.07) is 7.30. The molecule has 2 aromatic carbocycles. The van der Waals surface area contributed by atoms with Crippen molar-refractivity contribution in [1.82, 2.24) is 0 Å². The highest BCUT2D eigenvalue weighted by Crippen LogP contribution is 2.37. The first-order chi connectivity index (χ1) is 12.2. The molecule has 2 rings (SSSR count). The number of halogens is 1. The minimum Gasteiger partial charge on any atom is -0.495 e. The number of anilines is 2. The quantitative estimate of drug-likeness (QED) is 0.777. The predicted octanol–water partition coefficient (Wildman–Crippen LogP) is 3.42. The van der Waals surface area contributed by atoms with E-state index < -0.39 is 10.0 Å². The number of carbonyl (C=O) groups excluding carboxylic acids is 1. The summed E-state index contributed by atoms with van der Waals surface area (Å²) in [5, 5.41) is 2.93. The molecule has 0 bridgehead atoms. The first-order valence-electron chi connectivity index (χ1n) is 7.50. The largest absolute Gasteiger partial charge is 0.495 e. The average Bonchev–Trinajstić information content (AvgIpc) is 2.57. The second-order valence-electron chi connectivity index (χ2n) is 5.45. The normalized spacial score (nSPS) is 11.0. The van der Waals surface area contributed by atoms with Crippen LogP contribution in [0.25, 0.3) is 0 Å². The van der Waals surface area contributed by atoms with Crippen LogP contribution < -0.4 is 19.5 Å². The van der Waals surface area contributed by atoms with E-state index in [1.165, 1.54) is 51.5 Å². The van der Waals surface area contributed by atoms with Gasteiger partial charge in [-0.3, -0.25) is 9.52 Å². The van der Waals surface area contributed by atoms with Gasteiger partial charge >= 0.3 is 0 Å². The minimum absolute atomic E-state index is 0.0417. The van der Waals surface area contributed by atoms with E-state index in [1.54, 1.807) is 6.92 Å². The molecule has 2 N–H and O–H groups in total. The number of hydrogen-bond donors (Lipinski definition) is 2. The van der Waals surface area contributed by atoms with Crippen molar-refractivity contribution in [3.8, 4) is 11.5 Å². The third-order valence-electron chi connectivity index (χ3n) is 3.54. The number of carbonyl (C=O) groups is 1. The van der Waals surface area contributed by atoms with Gasteiger partial charge in [-0.25, -0.2) is 8.42 Å². The Balaban J connectivity index is 2.40. The highest BCUT2D eigenvalue weighted by Gasteiger charge is 2.19. The van der Waals surface area contributed by atoms with Crippen molar-refractivity contribution < 1.29 is 22.7 Å². The van der Waals surface area contributed by atoms with E-state index in [0.717, 1.165) is 0 Å². The number of hydrogen-bond acceptors (Lipinski definition) is 5. The van der Waals surface area contributed by atoms with E-state index >= 15 is 0 Å². The second-order valence-corrected chi connectivity index (χ2v) is 7.54. The van der Waals surface area contributed by atoms with Gasteiger partial charge in [-0.2, -0.15) is 0 Å². The van der Waals surface area contributed by atoms with Gasteiger partial charge in [0.25, 0.3) is 10.0 Å². The van der Waals surface area contributed by atoms with Crippen molar-refractivity contribution >= 4 is 38.9 Å². The van der Waals surface area contributed by atoms with Crippen LogP contribution in [-0.2, 0) is 14.8 Å². The molecule has 0 saturated carbocycles. The molecule has 140 valence electrons. The van der Waals surface area contributed by atoms with Crippen LogP contribution in [0.15, 0.2) is 35.2 Å². The number of nitrogens with one attached hydrogen (secondary N) is 2. The zero-order valence-corrected chi connectivity index (χ0v) is 16.3. The first kappa shape index (κ1) is 19.9. The maximum Gasteiger partial charge on any atom is 0.262 e. The van der Waals surface area contributed by atoms with Crippen LogP contribution in [0.4, 0.5) is 11.4 Å². The van der Waals surface area contributed by atoms with Crippen LogP contribution in [0.3, 0.4) is 0 Å². The topological polar surface area (TPSA) is 93.7 Å². The lowest BCUT2D eigenvalue weighted by atomic mass is 10.2. The van der Waals surface area contributed by atoms with E-state index in [1.807, 2.05) is 0 Å². The fraction of sp³-hybridized carbons (Fsp3) is 0.235. The van der Waals surface area contributed by atoms with Crippen LogP contribution >= 0.6 is 11.6 Å². The molecule has 0 atom stereocenters. The maximum absolute atomic E-state index is 12.7. The molecule has 0 aromatic heterocycles. The lowest BCUT2D eigenvalue weighted by molar-refractivity contribution is -0.114. The Morgan fingerprint density at radius 3 is 2.23 bits per heavy atom. The molecule has 0 heterocycles. The van der Waals surface area contributed by atoms with Crippen molar-refractivity contribution in [3.63, 3.8) is 0 Å². The number of ether oxygens (including phenoxy) is 2. The van der Waals surface area contributed by atoms with Gasteiger partial charge in [-0.1, -0.05) is 11.6 Å². The van der Waals surface area contributed by atoms with E-state index in [0.29, 0.717) is 22.0 Å². The number of methoxy groups -OCH3 is 2. The van der Waals surface area contributed by atoms with Crippen molar-refractivity contribution in [2.75, 3.05) is 24.3 Å². The van der Waals surface area contributed by atoms with E-state index in [2.05, 4.69) is 10.0 Å². The first-order valence-corrected chi connectivity index (χ1v) is 9.36. The zero-order valence-electron chi connectivity index (χ0n) is 14.7. The zero-order chi connectivity index (χ0) is 19.5. The van der Waals surface area contributed by atoms with Crippen molar-refractivity contribution in [3.05, 3.63) is 40.9 Å². The predicted molar refractivity (Wildman–Crippen MR) is 101 cm³/mol. The SMILES string of the molecule is COc1cc(NS(=O)(=O)c2ccc(NC(C)=O)c(C)c2)c(OC)cc1Cl. The van der Waals surface area contributed by atoms with Crippen molar-refractivity contribution in [1.29, 1.82) is 0 Å². The summed E-state index contributed by atoms with van der Waals surface area (Å²) in [6.45, 7) is 3.09. The molecule has 0 unspecified atom stereocenters. The van der Waals surface area contributed by atoms with Crippen LogP contribution in [0.2, 0.25) is 5.02 Å². The number of benzene rings is 2. The lowest BCUT2D eigenvalue weighted by Crippen LogP contribution is -2.15. The molecule has 7 nitrogen and oxygen atoms in total. The Kier molecular flexibility index (Phi) is 5.99. The summed E-state index contributed by atoms with van der Waals surface area (Å²) in [7, 11) is -1.06. The van der Waals surface area contributed by atoms with Gasteiger partial charge in [0.2, 0.25) is 5.91 Å². The summed E-state index contributed by atoms with van der Waals surface area (Å²) in [6.07, 6.45) is 0. The molecule has 0 spiro atoms. The van der Waals surface area contributed by atoms with Crippen LogP contribution in [0, 0.1) is 6.92 Å². The summed E-state index contributed by atoms with van der Waals surface area (Å²) >= 11 is 6.03. The van der Waals surface area contributed by atoms with Gasteiger partial charge in [0.1, 0.15) is 11.5 Å². The van der Waals surface area contributed by atoms with Gasteiger partial charge in [-0.15, -0.1) is 0 Å². The highest BCUT2D eigenvalue weighted by molar-refractivity contribution is 7.92. The monoisotopic (exact) mass is 398 g/mol. The Labute approximate surface area is 157 Å². The molecular formula is C17H19ClN2O5S. The Morgan fingerprint density at radius 2 is 1.69 bits per heavy atom. The maximum atomic E-state index is 12.7. The fourth-order valence-electron chi connectivity index (χ4n) is 2.28. The molecule has 0 aliphatic rings. The van der Waals surface area contributed by atoms with Gasteiger partial charge in [0.15, 0.2) is 0 Å². The lowest BCUT2D eigenvalue weighted by Gasteiger charge is -2.15. The van der Waals surface area contributed by atoms with Crippen LogP contribution in [0.5, 0.6) is 11.5 Å². The van der Waals surface area contributed by atoms with Crippen LogP contribution in [0.1, 0.15) is 12.5 Å². The fourth-order valence-corrected chi connectivity index (χ4v) is 3.65. The molecule has 1 amide bonds. The molecule has 0 aliphatic carbocycles. The molecule has 0 aliphatic heterocycles. The summed E-state index contributed by atoms with van der Waals surface area (Å²) in [5.41, 5.74) is 1.35. The third-order valence-corrected chi connectivity index (χ3v) is 5.20. The number of sulfonamides is 1. The number of amides is 1. The molecule has 0 saturated heterocycles. The molecule has 26 heavy (non-hydrogen) atoms. The van der Waals surface area contributed by atoms with Crippen LogP contribution in [-0.4, -0.2) is 28.5 Å². The van der Waals surface area contributed by atoms with E-state index in [-0.39, 0.29) is 22.2 Å². The Morgan fingerprint density at radius 1 is 1.04 bits per heavy atom. The van der Waals surface area contributed by atoms with Gasteiger partial charge in [0, 0.05) is 24.7 Å². The smallest absolute Gasteiger partial charge is 0.262 e. The van der Waals surface area contributed by atoms with E-state index in [9.17, 15) is 13.2 Å². The summed E-state index contributed by atoms with van der Waals surface area (Å²) < 4.78 is 38.2.